The first-order chi connectivity index (χ1) is 16.0. The van der Waals surface area contributed by atoms with E-state index in [9.17, 15) is 24.5 Å². The van der Waals surface area contributed by atoms with Crippen molar-refractivity contribution in [1.82, 2.24) is 10.9 Å². The molecule has 34 heavy (non-hydrogen) atoms. The van der Waals surface area contributed by atoms with E-state index in [1.807, 2.05) is 12.1 Å². The molecule has 0 bridgehead atoms. The van der Waals surface area contributed by atoms with Gasteiger partial charge in [0.05, 0.1) is 4.92 Å². The second kappa shape index (κ2) is 9.95. The quantitative estimate of drug-likeness (QED) is 0.388. The van der Waals surface area contributed by atoms with Crippen LogP contribution in [0.4, 0.5) is 11.4 Å². The van der Waals surface area contributed by atoms with E-state index in [1.165, 1.54) is 30.3 Å². The van der Waals surface area contributed by atoms with E-state index >= 15 is 0 Å². The number of nitro benzene ring substituents is 1. The van der Waals surface area contributed by atoms with E-state index < -0.39 is 16.7 Å². The summed E-state index contributed by atoms with van der Waals surface area (Å²) in [6.07, 6.45) is 0. The van der Waals surface area contributed by atoms with Gasteiger partial charge in [0.25, 0.3) is 23.4 Å². The Kier molecular flexibility index (Phi) is 7.06. The number of hydrogen-bond acceptors (Lipinski definition) is 5. The summed E-state index contributed by atoms with van der Waals surface area (Å²) in [6, 6.07) is 18.6. The van der Waals surface area contributed by atoms with Crippen molar-refractivity contribution in [2.75, 3.05) is 5.32 Å². The van der Waals surface area contributed by atoms with Gasteiger partial charge in [-0.2, -0.15) is 0 Å². The number of nitrogens with zero attached hydrogens (tertiary/aromatic N) is 1. The van der Waals surface area contributed by atoms with Crippen molar-refractivity contribution in [1.29, 1.82) is 0 Å². The lowest BCUT2D eigenvalue weighted by molar-refractivity contribution is -0.384. The van der Waals surface area contributed by atoms with Crippen molar-refractivity contribution in [3.63, 3.8) is 0 Å². The van der Waals surface area contributed by atoms with Crippen LogP contribution in [-0.2, 0) is 5.41 Å². The van der Waals surface area contributed by atoms with E-state index in [0.29, 0.717) is 11.3 Å². The molecule has 0 spiro atoms. The van der Waals surface area contributed by atoms with Gasteiger partial charge >= 0.3 is 0 Å². The molecule has 3 amide bonds. The Labute approximate surface area is 196 Å². The van der Waals surface area contributed by atoms with Crippen LogP contribution >= 0.6 is 0 Å². The molecule has 0 unspecified atom stereocenters. The fourth-order valence-electron chi connectivity index (χ4n) is 3.05. The predicted octanol–water partition coefficient (Wildman–Crippen LogP) is 4.22. The van der Waals surface area contributed by atoms with Crippen LogP contribution in [0, 0.1) is 10.1 Å². The van der Waals surface area contributed by atoms with Gasteiger partial charge < -0.3 is 5.32 Å². The van der Waals surface area contributed by atoms with Gasteiger partial charge in [0.15, 0.2) is 0 Å². The summed E-state index contributed by atoms with van der Waals surface area (Å²) in [7, 11) is 0. The summed E-state index contributed by atoms with van der Waals surface area (Å²) in [4.78, 5) is 47.2. The van der Waals surface area contributed by atoms with Crippen LogP contribution in [0.15, 0.2) is 72.8 Å². The van der Waals surface area contributed by atoms with E-state index in [4.69, 9.17) is 0 Å². The van der Waals surface area contributed by atoms with Crippen molar-refractivity contribution in [2.24, 2.45) is 0 Å². The molecule has 0 atom stereocenters. The second-order valence-corrected chi connectivity index (χ2v) is 8.57. The minimum absolute atomic E-state index is 0.00998. The minimum atomic E-state index is -0.696. The van der Waals surface area contributed by atoms with Gasteiger partial charge in [-0.25, -0.2) is 0 Å². The molecule has 0 aliphatic heterocycles. The molecule has 0 aliphatic rings. The third-order valence-corrected chi connectivity index (χ3v) is 5.03. The molecule has 174 valence electrons. The number of amides is 3. The number of anilines is 1. The molecular formula is C25H24N4O5. The average molecular weight is 460 g/mol. The van der Waals surface area contributed by atoms with E-state index in [-0.39, 0.29) is 28.1 Å². The van der Waals surface area contributed by atoms with Gasteiger partial charge in [0.2, 0.25) is 0 Å². The highest BCUT2D eigenvalue weighted by Gasteiger charge is 2.15. The lowest BCUT2D eigenvalue weighted by Crippen LogP contribution is -2.41. The lowest BCUT2D eigenvalue weighted by atomic mass is 9.87. The SMILES string of the molecule is CC(C)(C)c1ccc(C(=O)Nc2ccc(C(=O)NNC(=O)c3cccc([N+](=O)[O-])c3)cc2)cc1. The third-order valence-electron chi connectivity index (χ3n) is 5.03. The first kappa shape index (κ1) is 24.1. The van der Waals surface area contributed by atoms with Crippen LogP contribution in [-0.4, -0.2) is 22.6 Å². The number of carbonyl (C=O) groups excluding carboxylic acids is 3. The van der Waals surface area contributed by atoms with E-state index in [0.717, 1.165) is 11.6 Å². The molecule has 0 heterocycles. The van der Waals surface area contributed by atoms with Gasteiger partial charge in [-0.1, -0.05) is 39.0 Å². The fraction of sp³-hybridized carbons (Fsp3) is 0.160. The van der Waals surface area contributed by atoms with Crippen LogP contribution in [0.25, 0.3) is 0 Å². The van der Waals surface area contributed by atoms with Gasteiger partial charge in [0.1, 0.15) is 0 Å². The van der Waals surface area contributed by atoms with Crippen LogP contribution in [0.1, 0.15) is 57.4 Å². The maximum Gasteiger partial charge on any atom is 0.270 e. The van der Waals surface area contributed by atoms with Gasteiger partial charge in [-0.3, -0.25) is 35.3 Å². The number of nitrogens with one attached hydrogen (secondary N) is 3. The molecule has 0 aromatic heterocycles. The molecule has 3 rings (SSSR count). The number of non-ortho nitro benzene ring substituents is 1. The summed E-state index contributed by atoms with van der Waals surface area (Å²) in [6.45, 7) is 6.29. The highest BCUT2D eigenvalue weighted by molar-refractivity contribution is 6.04. The largest absolute Gasteiger partial charge is 0.322 e. The molecule has 3 aromatic carbocycles. The number of hydrogen-bond donors (Lipinski definition) is 3. The number of hydrazine groups is 1. The van der Waals surface area contributed by atoms with Crippen LogP contribution in [0.5, 0.6) is 0 Å². The molecule has 3 N–H and O–H groups in total. The average Bonchev–Trinajstić information content (AvgIpc) is 2.82. The fourth-order valence-corrected chi connectivity index (χ4v) is 3.05. The molecule has 3 aromatic rings. The third kappa shape index (κ3) is 6.04. The summed E-state index contributed by atoms with van der Waals surface area (Å²) < 4.78 is 0. The van der Waals surface area contributed by atoms with E-state index in [2.05, 4.69) is 36.9 Å². The van der Waals surface area contributed by atoms with Crippen molar-refractivity contribution >= 4 is 29.1 Å². The Morgan fingerprint density at radius 3 is 1.82 bits per heavy atom. The molecule has 0 aliphatic carbocycles. The van der Waals surface area contributed by atoms with Crippen LogP contribution < -0.4 is 16.2 Å². The van der Waals surface area contributed by atoms with Crippen molar-refractivity contribution in [2.45, 2.75) is 26.2 Å². The zero-order chi connectivity index (χ0) is 24.9. The van der Waals surface area contributed by atoms with Crippen molar-refractivity contribution in [3.8, 4) is 0 Å². The maximum atomic E-state index is 12.5. The highest BCUT2D eigenvalue weighted by Crippen LogP contribution is 2.22. The Balaban J connectivity index is 1.57. The van der Waals surface area contributed by atoms with Crippen LogP contribution in [0.2, 0.25) is 0 Å². The molecule has 0 radical (unpaired) electrons. The van der Waals surface area contributed by atoms with Crippen molar-refractivity contribution in [3.05, 3.63) is 105 Å². The number of nitro groups is 1. The van der Waals surface area contributed by atoms with Gasteiger partial charge in [-0.15, -0.1) is 0 Å². The summed E-state index contributed by atoms with van der Waals surface area (Å²) in [5, 5.41) is 13.6. The van der Waals surface area contributed by atoms with Crippen LogP contribution in [0.3, 0.4) is 0 Å². The number of rotatable bonds is 5. The van der Waals surface area contributed by atoms with E-state index in [1.54, 1.807) is 24.3 Å². The molecule has 0 saturated carbocycles. The number of benzene rings is 3. The minimum Gasteiger partial charge on any atom is -0.322 e. The zero-order valence-corrected chi connectivity index (χ0v) is 18.9. The maximum absolute atomic E-state index is 12.5. The first-order valence-electron chi connectivity index (χ1n) is 10.4. The first-order valence-corrected chi connectivity index (χ1v) is 10.4. The monoisotopic (exact) mass is 460 g/mol. The number of carbonyl (C=O) groups is 3. The lowest BCUT2D eigenvalue weighted by Gasteiger charge is -2.19. The zero-order valence-electron chi connectivity index (χ0n) is 18.9. The molecule has 0 fully saturated rings. The molecule has 0 saturated heterocycles. The van der Waals surface area contributed by atoms with Gasteiger partial charge in [-0.05, 0) is 53.4 Å². The molecule has 9 nitrogen and oxygen atoms in total. The standard InChI is InChI=1S/C25H24N4O5/c1-25(2,3)19-11-7-16(8-12-19)22(30)26-20-13-9-17(10-14-20)23(31)27-28-24(32)18-5-4-6-21(15-18)29(33)34/h4-15H,1-3H3,(H,26,30)(H,27,31)(H,28,32). The normalized spacial score (nSPS) is 10.8. The highest BCUT2D eigenvalue weighted by atomic mass is 16.6. The predicted molar refractivity (Wildman–Crippen MR) is 128 cm³/mol. The topological polar surface area (TPSA) is 130 Å². The van der Waals surface area contributed by atoms with Crippen molar-refractivity contribution < 1.29 is 19.3 Å². The smallest absolute Gasteiger partial charge is 0.270 e. The second-order valence-electron chi connectivity index (χ2n) is 8.57. The summed E-state index contributed by atoms with van der Waals surface area (Å²) >= 11 is 0. The Hall–Kier alpha value is -4.53. The molecular weight excluding hydrogens is 436 g/mol. The summed E-state index contributed by atoms with van der Waals surface area (Å²) in [5.74, 6) is -1.56. The Morgan fingerprint density at radius 1 is 0.735 bits per heavy atom. The molecule has 9 heteroatoms. The Morgan fingerprint density at radius 2 is 1.26 bits per heavy atom. The summed E-state index contributed by atoms with van der Waals surface area (Å²) in [5.41, 5.74) is 6.64. The van der Waals surface area contributed by atoms with Gasteiger partial charge in [0, 0.05) is 34.5 Å². The Bertz CT molecular complexity index is 1230.